The molecule has 2 fully saturated rings. The minimum Gasteiger partial charge on any atom is -0.386 e. The normalized spacial score (nSPS) is 24.6. The molecule has 2 amide bonds. The maximum atomic E-state index is 13.7. The lowest BCUT2D eigenvalue weighted by Crippen LogP contribution is -2.50. The van der Waals surface area contributed by atoms with Gasteiger partial charge in [-0.15, -0.1) is 0 Å². The molecule has 5 rings (SSSR count). The Hall–Kier alpha value is -4.22. The van der Waals surface area contributed by atoms with Gasteiger partial charge in [-0.05, 0) is 127 Å². The van der Waals surface area contributed by atoms with Gasteiger partial charge in [0.15, 0.2) is 0 Å². The molecule has 1 saturated heterocycles. The van der Waals surface area contributed by atoms with E-state index in [0.717, 1.165) is 73.7 Å². The molecule has 4 N–H and O–H groups in total. The summed E-state index contributed by atoms with van der Waals surface area (Å²) < 4.78 is 0. The fourth-order valence-corrected chi connectivity index (χ4v) is 7.96. The van der Waals surface area contributed by atoms with E-state index in [0.29, 0.717) is 23.7 Å². The van der Waals surface area contributed by atoms with E-state index >= 15 is 0 Å². The summed E-state index contributed by atoms with van der Waals surface area (Å²) >= 11 is 0. The highest BCUT2D eigenvalue weighted by Crippen LogP contribution is 2.46. The maximum absolute atomic E-state index is 13.7. The Labute approximate surface area is 286 Å². The fourth-order valence-electron chi connectivity index (χ4n) is 7.96. The van der Waals surface area contributed by atoms with Crippen molar-refractivity contribution >= 4 is 23.3 Å². The second-order valence-corrected chi connectivity index (χ2v) is 14.0. The molecule has 2 aliphatic carbocycles. The maximum Gasteiger partial charge on any atom is 0.251 e. The van der Waals surface area contributed by atoms with Crippen molar-refractivity contribution in [2.75, 3.05) is 13.6 Å². The number of benzene rings is 2. The molecular formula is C40H52N6O2. The second-order valence-electron chi connectivity index (χ2n) is 14.0. The lowest BCUT2D eigenvalue weighted by atomic mass is 9.67. The molecule has 0 bridgehead atoms. The summed E-state index contributed by atoms with van der Waals surface area (Å²) in [6.45, 7) is 8.56. The van der Waals surface area contributed by atoms with E-state index in [4.69, 9.17) is 10.7 Å². The Morgan fingerprint density at radius 1 is 1.17 bits per heavy atom. The zero-order chi connectivity index (χ0) is 34.4. The number of aliphatic imine (C=N–C) groups is 1. The molecule has 0 spiro atoms. The first-order valence-corrected chi connectivity index (χ1v) is 17.6. The molecule has 0 aromatic heterocycles. The number of nitrogens with two attached hydrogens (primary N) is 1. The lowest BCUT2D eigenvalue weighted by molar-refractivity contribution is -0.132. The van der Waals surface area contributed by atoms with Gasteiger partial charge in [-0.3, -0.25) is 9.59 Å². The topological polar surface area (TPSA) is 124 Å². The number of hydrogen-bond acceptors (Lipinski definition) is 5. The van der Waals surface area contributed by atoms with Gasteiger partial charge in [0.1, 0.15) is 11.9 Å². The average Bonchev–Trinajstić information content (AvgIpc) is 3.88. The number of likely N-dealkylation sites (tertiary alicyclic amines) is 1. The van der Waals surface area contributed by atoms with E-state index in [-0.39, 0.29) is 36.5 Å². The standard InChI is InChI=1S/C40H52N6O2/c1-6-7-8-10-29-15-16-30-21-32(38(48)43-5)17-20-35(30)40(28(29)4,39(42)45-33-18-13-26(2)14-19-33)23-27(3)44-25-37(47)46-34(24-41)12-9-11-31-22-36(31)46/h6-7,13-14,17-21,27,31,34,36,44H,8-12,15-16,22-23,25H2,1-5H3,(H2,42,45)(H,43,48)/b7-6-. The molecule has 8 nitrogen and oxygen atoms in total. The molecule has 5 unspecified atom stereocenters. The molecule has 254 valence electrons. The van der Waals surface area contributed by atoms with Gasteiger partial charge in [-0.2, -0.15) is 5.26 Å². The number of allylic oxidation sites excluding steroid dienone is 3. The van der Waals surface area contributed by atoms with Crippen LogP contribution in [0.2, 0.25) is 0 Å². The summed E-state index contributed by atoms with van der Waals surface area (Å²) in [5.74, 6) is 0.902. The van der Waals surface area contributed by atoms with Crippen molar-refractivity contribution in [1.82, 2.24) is 15.5 Å². The minimum atomic E-state index is -0.780. The predicted octanol–water partition coefficient (Wildman–Crippen LogP) is 6.56. The van der Waals surface area contributed by atoms with Crippen molar-refractivity contribution in [2.45, 2.75) is 109 Å². The monoisotopic (exact) mass is 648 g/mol. The number of nitrogens with zero attached hydrogens (tertiary/aromatic N) is 3. The van der Waals surface area contributed by atoms with Gasteiger partial charge >= 0.3 is 0 Å². The number of nitriles is 1. The number of nitrogens with one attached hydrogen (secondary N) is 2. The highest BCUT2D eigenvalue weighted by atomic mass is 16.2. The lowest BCUT2D eigenvalue weighted by Gasteiger charge is -2.39. The first-order valence-electron chi connectivity index (χ1n) is 17.6. The zero-order valence-electron chi connectivity index (χ0n) is 29.3. The van der Waals surface area contributed by atoms with Crippen molar-refractivity contribution in [3.63, 3.8) is 0 Å². The largest absolute Gasteiger partial charge is 0.386 e. The van der Waals surface area contributed by atoms with Crippen molar-refractivity contribution < 1.29 is 9.59 Å². The third-order valence-corrected chi connectivity index (χ3v) is 10.8. The van der Waals surface area contributed by atoms with Gasteiger partial charge in [0.25, 0.3) is 5.91 Å². The van der Waals surface area contributed by atoms with E-state index < -0.39 is 5.41 Å². The highest BCUT2D eigenvalue weighted by molar-refractivity contribution is 5.99. The molecule has 1 aliphatic heterocycles. The molecule has 2 aromatic carbocycles. The van der Waals surface area contributed by atoms with Crippen LogP contribution in [0.4, 0.5) is 5.69 Å². The Morgan fingerprint density at radius 2 is 1.94 bits per heavy atom. The SMILES string of the molecule is C/C=C\CCC1=C(C)C(CC(C)NCC(=O)N2C(C#N)CCCC3CC32)(C(N)=Nc2ccc(C)cc2)c2ccc(C(=O)NC)cc2CC1. The third-order valence-electron chi connectivity index (χ3n) is 10.8. The number of hydrogen-bond donors (Lipinski definition) is 3. The summed E-state index contributed by atoms with van der Waals surface area (Å²) in [4.78, 5) is 33.4. The smallest absolute Gasteiger partial charge is 0.251 e. The summed E-state index contributed by atoms with van der Waals surface area (Å²) in [6, 6.07) is 16.1. The molecule has 1 saturated carbocycles. The number of fused-ring (bicyclic) bond motifs is 2. The summed E-state index contributed by atoms with van der Waals surface area (Å²) in [5.41, 5.74) is 13.7. The van der Waals surface area contributed by atoms with Crippen molar-refractivity contribution in [3.05, 3.63) is 88.0 Å². The fraction of sp³-hybridized carbons (Fsp3) is 0.500. The van der Waals surface area contributed by atoms with Crippen LogP contribution in [0.1, 0.15) is 99.2 Å². The number of aryl methyl sites for hydroxylation is 2. The van der Waals surface area contributed by atoms with Crippen LogP contribution in [-0.4, -0.2) is 54.3 Å². The van der Waals surface area contributed by atoms with Crippen molar-refractivity contribution in [3.8, 4) is 6.07 Å². The van der Waals surface area contributed by atoms with Crippen LogP contribution in [0, 0.1) is 24.2 Å². The summed E-state index contributed by atoms with van der Waals surface area (Å²) in [7, 11) is 1.65. The molecule has 48 heavy (non-hydrogen) atoms. The second kappa shape index (κ2) is 15.3. The zero-order valence-corrected chi connectivity index (χ0v) is 29.3. The van der Waals surface area contributed by atoms with E-state index in [1.165, 1.54) is 11.1 Å². The molecule has 1 heterocycles. The molecule has 2 aromatic rings. The number of amides is 2. The van der Waals surface area contributed by atoms with Crippen LogP contribution in [0.15, 0.2) is 70.8 Å². The van der Waals surface area contributed by atoms with Crippen LogP contribution in [0.3, 0.4) is 0 Å². The van der Waals surface area contributed by atoms with Crippen LogP contribution in [-0.2, 0) is 16.6 Å². The van der Waals surface area contributed by atoms with Crippen LogP contribution in [0.25, 0.3) is 0 Å². The first-order chi connectivity index (χ1) is 23.1. The van der Waals surface area contributed by atoms with Gasteiger partial charge < -0.3 is 21.3 Å². The van der Waals surface area contributed by atoms with E-state index in [1.807, 2.05) is 48.2 Å². The minimum absolute atomic E-state index is 0.00561. The predicted molar refractivity (Wildman–Crippen MR) is 193 cm³/mol. The average molecular weight is 649 g/mol. The number of amidine groups is 1. The Balaban J connectivity index is 1.56. The van der Waals surface area contributed by atoms with Crippen LogP contribution < -0.4 is 16.4 Å². The van der Waals surface area contributed by atoms with E-state index in [1.54, 1.807) is 7.05 Å². The molecule has 8 heteroatoms. The molecule has 3 aliphatic rings. The Kier molecular flexibility index (Phi) is 11.2. The van der Waals surface area contributed by atoms with Crippen molar-refractivity contribution in [2.24, 2.45) is 16.6 Å². The highest BCUT2D eigenvalue weighted by Gasteiger charge is 2.48. The van der Waals surface area contributed by atoms with E-state index in [2.05, 4.69) is 55.7 Å². The van der Waals surface area contributed by atoms with Crippen LogP contribution in [0.5, 0.6) is 0 Å². The Bertz CT molecular complexity index is 1630. The summed E-state index contributed by atoms with van der Waals surface area (Å²) in [5, 5.41) is 16.2. The first kappa shape index (κ1) is 35.1. The van der Waals surface area contributed by atoms with Crippen LogP contribution >= 0.6 is 0 Å². The van der Waals surface area contributed by atoms with Gasteiger partial charge in [0.05, 0.1) is 23.7 Å². The van der Waals surface area contributed by atoms with Crippen molar-refractivity contribution in [1.29, 1.82) is 5.26 Å². The summed E-state index contributed by atoms with van der Waals surface area (Å²) in [6.07, 6.45) is 12.2. The number of carbonyl (C=O) groups excluding carboxylic acids is 2. The number of carbonyl (C=O) groups is 2. The number of rotatable bonds is 11. The van der Waals surface area contributed by atoms with Gasteiger partial charge in [-0.1, -0.05) is 47.1 Å². The molecular weight excluding hydrogens is 596 g/mol. The van der Waals surface area contributed by atoms with Gasteiger partial charge in [-0.25, -0.2) is 4.99 Å². The third kappa shape index (κ3) is 7.42. The Morgan fingerprint density at radius 3 is 2.65 bits per heavy atom. The molecule has 5 atom stereocenters. The quantitative estimate of drug-likeness (QED) is 0.145. The van der Waals surface area contributed by atoms with E-state index in [9.17, 15) is 14.9 Å². The molecule has 0 radical (unpaired) electrons. The van der Waals surface area contributed by atoms with Gasteiger partial charge in [0.2, 0.25) is 5.91 Å². The van der Waals surface area contributed by atoms with Gasteiger partial charge in [0, 0.05) is 24.7 Å².